The van der Waals surface area contributed by atoms with Crippen molar-refractivity contribution in [3.63, 3.8) is 0 Å². The van der Waals surface area contributed by atoms with Gasteiger partial charge >= 0.3 is 5.97 Å². The zero-order valence-corrected chi connectivity index (χ0v) is 8.79. The van der Waals surface area contributed by atoms with E-state index in [0.29, 0.717) is 18.9 Å². The van der Waals surface area contributed by atoms with Gasteiger partial charge in [-0.1, -0.05) is 6.42 Å². The zero-order valence-electron chi connectivity index (χ0n) is 8.79. The summed E-state index contributed by atoms with van der Waals surface area (Å²) in [6.45, 7) is 2.30. The number of ether oxygens (including phenoxy) is 1. The van der Waals surface area contributed by atoms with Crippen LogP contribution in [0.25, 0.3) is 0 Å². The summed E-state index contributed by atoms with van der Waals surface area (Å²) in [6.07, 6.45) is 5.20. The zero-order chi connectivity index (χ0) is 10.2. The van der Waals surface area contributed by atoms with E-state index in [4.69, 9.17) is 10.5 Å². The smallest absolute Gasteiger partial charge is 0.307 e. The summed E-state index contributed by atoms with van der Waals surface area (Å²) in [4.78, 5) is 11.4. The molecule has 80 valence electrons. The van der Waals surface area contributed by atoms with Gasteiger partial charge in [-0.15, -0.1) is 0 Å². The summed E-state index contributed by atoms with van der Waals surface area (Å²) in [5.74, 6) is 1.22. The molecule has 0 aromatic heterocycles. The van der Waals surface area contributed by atoms with Crippen LogP contribution in [-0.4, -0.2) is 18.1 Å². The van der Waals surface area contributed by atoms with Crippen molar-refractivity contribution in [2.24, 2.45) is 17.6 Å². The standard InChI is InChI=1S/C11H19NO2/c1-2-14-10(13)7-11(12)6-8-3-4-9(11)5-8/h8-9H,2-7,12H2,1H3. The fourth-order valence-electron chi connectivity index (χ4n) is 3.18. The van der Waals surface area contributed by atoms with Crippen LogP contribution in [0.5, 0.6) is 0 Å². The van der Waals surface area contributed by atoms with Crippen molar-refractivity contribution in [1.29, 1.82) is 0 Å². The van der Waals surface area contributed by atoms with E-state index in [0.717, 1.165) is 12.3 Å². The van der Waals surface area contributed by atoms with Gasteiger partial charge < -0.3 is 10.5 Å². The fraction of sp³-hybridized carbons (Fsp3) is 0.909. The molecule has 2 saturated carbocycles. The third-order valence-corrected chi connectivity index (χ3v) is 3.80. The maximum Gasteiger partial charge on any atom is 0.307 e. The number of fused-ring (bicyclic) bond motifs is 2. The van der Waals surface area contributed by atoms with Gasteiger partial charge in [0, 0.05) is 5.54 Å². The highest BCUT2D eigenvalue weighted by atomic mass is 16.5. The largest absolute Gasteiger partial charge is 0.466 e. The Morgan fingerprint density at radius 3 is 2.86 bits per heavy atom. The van der Waals surface area contributed by atoms with Crippen LogP contribution >= 0.6 is 0 Å². The maximum absolute atomic E-state index is 11.4. The summed E-state index contributed by atoms with van der Waals surface area (Å²) >= 11 is 0. The van der Waals surface area contributed by atoms with Gasteiger partial charge in [0.15, 0.2) is 0 Å². The first kappa shape index (κ1) is 9.97. The lowest BCUT2D eigenvalue weighted by atomic mass is 9.79. The highest BCUT2D eigenvalue weighted by Gasteiger charge is 2.49. The Hall–Kier alpha value is -0.570. The van der Waals surface area contributed by atoms with E-state index in [1.165, 1.54) is 19.3 Å². The Bertz CT molecular complexity index is 241. The van der Waals surface area contributed by atoms with Crippen LogP contribution < -0.4 is 5.73 Å². The molecule has 14 heavy (non-hydrogen) atoms. The minimum Gasteiger partial charge on any atom is -0.466 e. The minimum atomic E-state index is -0.241. The van der Waals surface area contributed by atoms with Crippen molar-refractivity contribution in [3.05, 3.63) is 0 Å². The molecule has 0 aromatic carbocycles. The molecule has 0 amide bonds. The Balaban J connectivity index is 1.93. The van der Waals surface area contributed by atoms with E-state index in [1.54, 1.807) is 0 Å². The molecule has 3 nitrogen and oxygen atoms in total. The van der Waals surface area contributed by atoms with Crippen LogP contribution in [0.1, 0.15) is 39.0 Å². The summed E-state index contributed by atoms with van der Waals surface area (Å²) in [7, 11) is 0. The molecule has 0 heterocycles. The first-order chi connectivity index (χ1) is 6.64. The second-order valence-corrected chi connectivity index (χ2v) is 4.80. The lowest BCUT2D eigenvalue weighted by molar-refractivity contribution is -0.145. The molecule has 2 aliphatic rings. The van der Waals surface area contributed by atoms with Crippen LogP contribution in [0.4, 0.5) is 0 Å². The summed E-state index contributed by atoms with van der Waals surface area (Å²) in [5.41, 5.74) is 6.03. The number of hydrogen-bond donors (Lipinski definition) is 1. The van der Waals surface area contributed by atoms with Gasteiger partial charge in [-0.05, 0) is 38.0 Å². The normalized spacial score (nSPS) is 40.1. The average Bonchev–Trinajstić information content (AvgIpc) is 2.62. The summed E-state index contributed by atoms with van der Waals surface area (Å²) < 4.78 is 4.96. The van der Waals surface area contributed by atoms with Crippen molar-refractivity contribution in [2.75, 3.05) is 6.61 Å². The number of rotatable bonds is 3. The van der Waals surface area contributed by atoms with Crippen molar-refractivity contribution in [3.8, 4) is 0 Å². The summed E-state index contributed by atoms with van der Waals surface area (Å²) in [6, 6.07) is 0. The predicted octanol–water partition coefficient (Wildman–Crippen LogP) is 1.46. The molecule has 3 atom stereocenters. The van der Waals surface area contributed by atoms with E-state index in [-0.39, 0.29) is 11.5 Å². The molecule has 2 aliphatic carbocycles. The molecule has 0 saturated heterocycles. The van der Waals surface area contributed by atoms with Gasteiger partial charge in [0.1, 0.15) is 0 Å². The van der Waals surface area contributed by atoms with E-state index in [9.17, 15) is 4.79 Å². The van der Waals surface area contributed by atoms with Crippen molar-refractivity contribution < 1.29 is 9.53 Å². The second kappa shape index (κ2) is 3.54. The van der Waals surface area contributed by atoms with Crippen LogP contribution in [0.3, 0.4) is 0 Å². The van der Waals surface area contributed by atoms with Gasteiger partial charge in [-0.3, -0.25) is 4.79 Å². The first-order valence-corrected chi connectivity index (χ1v) is 5.58. The van der Waals surface area contributed by atoms with Gasteiger partial charge in [0.25, 0.3) is 0 Å². The van der Waals surface area contributed by atoms with Gasteiger partial charge in [-0.25, -0.2) is 0 Å². The number of carbonyl (C=O) groups excluding carboxylic acids is 1. The molecule has 3 unspecified atom stereocenters. The summed E-state index contributed by atoms with van der Waals surface area (Å²) in [5, 5.41) is 0. The molecule has 0 spiro atoms. The molecular formula is C11H19NO2. The van der Waals surface area contributed by atoms with E-state index in [1.807, 2.05) is 6.92 Å². The number of nitrogens with two attached hydrogens (primary N) is 1. The van der Waals surface area contributed by atoms with Crippen LogP contribution in [0.2, 0.25) is 0 Å². The van der Waals surface area contributed by atoms with Gasteiger partial charge in [0.2, 0.25) is 0 Å². The van der Waals surface area contributed by atoms with Crippen molar-refractivity contribution in [1.82, 2.24) is 0 Å². The quantitative estimate of drug-likeness (QED) is 0.697. The minimum absolute atomic E-state index is 0.123. The molecule has 2 N–H and O–H groups in total. The van der Waals surface area contributed by atoms with Crippen molar-refractivity contribution >= 4 is 5.97 Å². The Kier molecular flexibility index (Phi) is 2.52. The number of hydrogen-bond acceptors (Lipinski definition) is 3. The molecule has 2 bridgehead atoms. The van der Waals surface area contributed by atoms with Crippen molar-refractivity contribution in [2.45, 2.75) is 44.6 Å². The van der Waals surface area contributed by atoms with E-state index >= 15 is 0 Å². The van der Waals surface area contributed by atoms with Crippen LogP contribution in [0.15, 0.2) is 0 Å². The average molecular weight is 197 g/mol. The molecule has 2 fully saturated rings. The third-order valence-electron chi connectivity index (χ3n) is 3.80. The van der Waals surface area contributed by atoms with Crippen LogP contribution in [-0.2, 0) is 9.53 Å². The Morgan fingerprint density at radius 1 is 1.57 bits per heavy atom. The van der Waals surface area contributed by atoms with Gasteiger partial charge in [-0.2, -0.15) is 0 Å². The highest BCUT2D eigenvalue weighted by Crippen LogP contribution is 2.50. The topological polar surface area (TPSA) is 52.3 Å². The molecule has 0 radical (unpaired) electrons. The fourth-order valence-corrected chi connectivity index (χ4v) is 3.18. The SMILES string of the molecule is CCOC(=O)CC1(N)CC2CCC1C2. The molecule has 2 rings (SSSR count). The number of esters is 1. The van der Waals surface area contributed by atoms with Crippen LogP contribution in [0, 0.1) is 11.8 Å². The lowest BCUT2D eigenvalue weighted by Crippen LogP contribution is -2.46. The highest BCUT2D eigenvalue weighted by molar-refractivity contribution is 5.71. The molecule has 0 aromatic rings. The number of carbonyl (C=O) groups is 1. The van der Waals surface area contributed by atoms with E-state index in [2.05, 4.69) is 0 Å². The second-order valence-electron chi connectivity index (χ2n) is 4.80. The molecule has 0 aliphatic heterocycles. The van der Waals surface area contributed by atoms with E-state index < -0.39 is 0 Å². The first-order valence-electron chi connectivity index (χ1n) is 5.58. The predicted molar refractivity (Wildman–Crippen MR) is 53.6 cm³/mol. The molecule has 3 heteroatoms. The Labute approximate surface area is 85.0 Å². The molecular weight excluding hydrogens is 178 g/mol. The lowest BCUT2D eigenvalue weighted by Gasteiger charge is -2.32. The maximum atomic E-state index is 11.4. The monoisotopic (exact) mass is 197 g/mol. The Morgan fingerprint density at radius 2 is 2.36 bits per heavy atom. The van der Waals surface area contributed by atoms with Gasteiger partial charge in [0.05, 0.1) is 13.0 Å². The third kappa shape index (κ3) is 1.65.